The summed E-state index contributed by atoms with van der Waals surface area (Å²) in [4.78, 5) is 0. The van der Waals surface area contributed by atoms with E-state index in [0.717, 1.165) is 16.7 Å². The van der Waals surface area contributed by atoms with Crippen LogP contribution in [0.1, 0.15) is 5.56 Å². The predicted octanol–water partition coefficient (Wildman–Crippen LogP) is 0.376. The Hall–Kier alpha value is -2.00. The second-order valence-electron chi connectivity index (χ2n) is 6.26. The summed E-state index contributed by atoms with van der Waals surface area (Å²) in [5, 5.41) is 48.4. The minimum absolute atomic E-state index is 0.0926. The summed E-state index contributed by atoms with van der Waals surface area (Å²) in [5.74, 6) is 0.172. The molecule has 5 atom stereocenters. The summed E-state index contributed by atoms with van der Waals surface area (Å²) in [5.41, 5.74) is 2.53. The smallest absolute Gasteiger partial charge is 0.187 e. The van der Waals surface area contributed by atoms with Crippen LogP contribution in [-0.2, 0) is 16.1 Å². The third kappa shape index (κ3) is 4.04. The van der Waals surface area contributed by atoms with Crippen molar-refractivity contribution in [2.75, 3.05) is 6.61 Å². The minimum atomic E-state index is -1.47. The first-order valence-electron chi connectivity index (χ1n) is 8.30. The number of aliphatic hydroxyl groups is 4. The standard InChI is InChI=1S/C19H22O7/c20-9-15-16(22)17(23)18(24)19(26-15)25-10-11-3-1-4-12(7-11)13-5-2-6-14(21)8-13/h1-8,15-24H,9-10H2/t15-,16-,17-,18+,19+/m1/s1. The van der Waals surface area contributed by atoms with Gasteiger partial charge < -0.3 is 35.0 Å². The molecule has 2 aromatic rings. The topological polar surface area (TPSA) is 120 Å². The van der Waals surface area contributed by atoms with Crippen molar-refractivity contribution in [3.8, 4) is 16.9 Å². The van der Waals surface area contributed by atoms with Crippen molar-refractivity contribution in [2.24, 2.45) is 0 Å². The van der Waals surface area contributed by atoms with Gasteiger partial charge in [0.25, 0.3) is 0 Å². The normalized spacial score (nSPS) is 28.8. The second kappa shape index (κ2) is 8.13. The van der Waals surface area contributed by atoms with Gasteiger partial charge in [0.2, 0.25) is 0 Å². The van der Waals surface area contributed by atoms with Gasteiger partial charge in [-0.15, -0.1) is 0 Å². The summed E-state index contributed by atoms with van der Waals surface area (Å²) in [6.45, 7) is -0.410. The molecule has 0 saturated carbocycles. The van der Waals surface area contributed by atoms with E-state index in [1.165, 1.54) is 0 Å². The Bertz CT molecular complexity index is 733. The van der Waals surface area contributed by atoms with E-state index in [-0.39, 0.29) is 12.4 Å². The molecule has 0 unspecified atom stereocenters. The molecule has 140 valence electrons. The molecule has 1 fully saturated rings. The predicted molar refractivity (Wildman–Crippen MR) is 92.1 cm³/mol. The minimum Gasteiger partial charge on any atom is -0.508 e. The maximum absolute atomic E-state index is 9.99. The summed E-state index contributed by atoms with van der Waals surface area (Å²) >= 11 is 0. The van der Waals surface area contributed by atoms with Crippen molar-refractivity contribution >= 4 is 0 Å². The maximum atomic E-state index is 9.99. The fourth-order valence-corrected chi connectivity index (χ4v) is 2.91. The van der Waals surface area contributed by atoms with Crippen molar-refractivity contribution in [3.05, 3.63) is 54.1 Å². The Morgan fingerprint density at radius 3 is 2.27 bits per heavy atom. The molecule has 0 bridgehead atoms. The summed E-state index contributed by atoms with van der Waals surface area (Å²) in [6.07, 6.45) is -6.48. The van der Waals surface area contributed by atoms with Gasteiger partial charge in [-0.05, 0) is 34.9 Å². The number of hydrogen-bond donors (Lipinski definition) is 5. The molecular weight excluding hydrogens is 340 g/mol. The van der Waals surface area contributed by atoms with Gasteiger partial charge in [-0.3, -0.25) is 0 Å². The fourth-order valence-electron chi connectivity index (χ4n) is 2.91. The van der Waals surface area contributed by atoms with Crippen molar-refractivity contribution in [1.82, 2.24) is 0 Å². The first kappa shape index (κ1) is 18.8. The van der Waals surface area contributed by atoms with E-state index in [1.54, 1.807) is 18.2 Å². The highest BCUT2D eigenvalue weighted by Gasteiger charge is 2.43. The van der Waals surface area contributed by atoms with Crippen LogP contribution < -0.4 is 0 Å². The van der Waals surface area contributed by atoms with Crippen LogP contribution in [0.3, 0.4) is 0 Å². The molecule has 26 heavy (non-hydrogen) atoms. The first-order chi connectivity index (χ1) is 12.5. The van der Waals surface area contributed by atoms with Crippen LogP contribution in [-0.4, -0.2) is 62.8 Å². The maximum Gasteiger partial charge on any atom is 0.187 e. The Morgan fingerprint density at radius 1 is 0.885 bits per heavy atom. The Kier molecular flexibility index (Phi) is 5.87. The lowest BCUT2D eigenvalue weighted by molar-refractivity contribution is -0.304. The molecule has 2 aromatic carbocycles. The molecule has 1 aliphatic rings. The number of hydrogen-bond acceptors (Lipinski definition) is 7. The largest absolute Gasteiger partial charge is 0.508 e. The fraction of sp³-hybridized carbons (Fsp3) is 0.368. The third-order valence-corrected chi connectivity index (χ3v) is 4.37. The van der Waals surface area contributed by atoms with Crippen LogP contribution >= 0.6 is 0 Å². The van der Waals surface area contributed by atoms with Crippen LogP contribution in [0.5, 0.6) is 5.75 Å². The lowest BCUT2D eigenvalue weighted by atomic mass is 9.99. The molecule has 0 spiro atoms. The van der Waals surface area contributed by atoms with Crippen LogP contribution in [0.25, 0.3) is 11.1 Å². The van der Waals surface area contributed by atoms with Crippen molar-refractivity contribution in [1.29, 1.82) is 0 Å². The summed E-state index contributed by atoms with van der Waals surface area (Å²) in [7, 11) is 0. The van der Waals surface area contributed by atoms with Crippen LogP contribution in [0.2, 0.25) is 0 Å². The van der Waals surface area contributed by atoms with Gasteiger partial charge in [-0.2, -0.15) is 0 Å². The Morgan fingerprint density at radius 2 is 1.58 bits per heavy atom. The number of aromatic hydroxyl groups is 1. The first-order valence-corrected chi connectivity index (χ1v) is 8.30. The van der Waals surface area contributed by atoms with Gasteiger partial charge in [-0.25, -0.2) is 0 Å². The molecule has 7 nitrogen and oxygen atoms in total. The summed E-state index contributed by atoms with van der Waals surface area (Å²) in [6, 6.07) is 14.3. The van der Waals surface area contributed by atoms with Crippen molar-refractivity contribution in [2.45, 2.75) is 37.3 Å². The van der Waals surface area contributed by atoms with Crippen molar-refractivity contribution < 1.29 is 35.0 Å². The average Bonchev–Trinajstić information content (AvgIpc) is 2.66. The van der Waals surface area contributed by atoms with Gasteiger partial charge in [0.05, 0.1) is 13.2 Å². The third-order valence-electron chi connectivity index (χ3n) is 4.37. The van der Waals surface area contributed by atoms with Gasteiger partial charge in [-0.1, -0.05) is 30.3 Å². The molecule has 0 radical (unpaired) electrons. The molecule has 3 rings (SSSR count). The molecule has 0 aromatic heterocycles. The van der Waals surface area contributed by atoms with Gasteiger partial charge >= 0.3 is 0 Å². The molecule has 5 N–H and O–H groups in total. The molecule has 1 heterocycles. The van der Waals surface area contributed by atoms with Gasteiger partial charge in [0.15, 0.2) is 6.29 Å². The molecule has 7 heteroatoms. The highest BCUT2D eigenvalue weighted by atomic mass is 16.7. The van der Waals surface area contributed by atoms with Crippen LogP contribution in [0.15, 0.2) is 48.5 Å². The lowest BCUT2D eigenvalue weighted by Crippen LogP contribution is -2.59. The Balaban J connectivity index is 1.69. The average molecular weight is 362 g/mol. The zero-order valence-electron chi connectivity index (χ0n) is 14.0. The van der Waals surface area contributed by atoms with E-state index in [9.17, 15) is 25.5 Å². The van der Waals surface area contributed by atoms with Gasteiger partial charge in [0, 0.05) is 0 Å². The highest BCUT2D eigenvalue weighted by molar-refractivity contribution is 5.65. The van der Waals surface area contributed by atoms with E-state index in [2.05, 4.69) is 0 Å². The molecule has 0 aliphatic carbocycles. The van der Waals surface area contributed by atoms with Crippen molar-refractivity contribution in [3.63, 3.8) is 0 Å². The number of ether oxygens (including phenoxy) is 2. The monoisotopic (exact) mass is 362 g/mol. The van der Waals surface area contributed by atoms with Gasteiger partial charge in [0.1, 0.15) is 30.2 Å². The van der Waals surface area contributed by atoms with E-state index < -0.39 is 37.3 Å². The highest BCUT2D eigenvalue weighted by Crippen LogP contribution is 2.26. The van der Waals surface area contributed by atoms with E-state index in [4.69, 9.17) is 9.47 Å². The molecule has 1 aliphatic heterocycles. The molecular formula is C19H22O7. The number of phenolic OH excluding ortho intramolecular Hbond substituents is 1. The lowest BCUT2D eigenvalue weighted by Gasteiger charge is -2.39. The summed E-state index contributed by atoms with van der Waals surface area (Å²) < 4.78 is 10.9. The van der Waals surface area contributed by atoms with Crippen LogP contribution in [0, 0.1) is 0 Å². The van der Waals surface area contributed by atoms with E-state index >= 15 is 0 Å². The zero-order chi connectivity index (χ0) is 18.7. The quantitative estimate of drug-likeness (QED) is 0.521. The van der Waals surface area contributed by atoms with Crippen LogP contribution in [0.4, 0.5) is 0 Å². The number of rotatable bonds is 5. The number of phenols is 1. The molecule has 0 amide bonds. The second-order valence-corrected chi connectivity index (χ2v) is 6.26. The number of aliphatic hydroxyl groups excluding tert-OH is 4. The molecule has 1 saturated heterocycles. The number of benzene rings is 2. The SMILES string of the molecule is OC[C@H]1O[C@H](OCc2cccc(-c3cccc(O)c3)c2)[C@@H](O)[C@H](O)[C@@H]1O. The Labute approximate surface area is 150 Å². The van der Waals surface area contributed by atoms with E-state index in [0.29, 0.717) is 0 Å². The van der Waals surface area contributed by atoms with E-state index in [1.807, 2.05) is 30.3 Å². The zero-order valence-corrected chi connectivity index (χ0v) is 14.0.